The highest BCUT2D eigenvalue weighted by Crippen LogP contribution is 2.39. The molecule has 1 heterocycles. The van der Waals surface area contributed by atoms with Gasteiger partial charge in [0.15, 0.2) is 0 Å². The van der Waals surface area contributed by atoms with Crippen molar-refractivity contribution < 1.29 is 9.47 Å². The van der Waals surface area contributed by atoms with Gasteiger partial charge in [0.25, 0.3) is 0 Å². The predicted octanol–water partition coefficient (Wildman–Crippen LogP) is 7.31. The number of methoxy groups -OCH3 is 1. The van der Waals surface area contributed by atoms with Crippen LogP contribution in [-0.2, 0) is 4.74 Å². The van der Waals surface area contributed by atoms with E-state index in [2.05, 4.69) is 86.7 Å². The Labute approximate surface area is 232 Å². The Balaban J connectivity index is 0.000000231. The molecule has 7 rings (SSSR count). The fourth-order valence-corrected chi connectivity index (χ4v) is 6.16. The van der Waals surface area contributed by atoms with Gasteiger partial charge >= 0.3 is 0 Å². The number of para-hydroxylation sites is 1. The van der Waals surface area contributed by atoms with E-state index in [9.17, 15) is 0 Å². The lowest BCUT2D eigenvalue weighted by molar-refractivity contribution is 0.237. The summed E-state index contributed by atoms with van der Waals surface area (Å²) in [5.41, 5.74) is 11.2. The zero-order chi connectivity index (χ0) is 26.8. The van der Waals surface area contributed by atoms with Crippen LogP contribution in [0.2, 0.25) is 0 Å². The van der Waals surface area contributed by atoms with Gasteiger partial charge < -0.3 is 9.47 Å². The molecule has 2 unspecified atom stereocenters. The summed E-state index contributed by atoms with van der Waals surface area (Å²) in [5.74, 6) is 1.94. The molecule has 3 aliphatic carbocycles. The molecule has 0 bridgehead atoms. The van der Waals surface area contributed by atoms with Gasteiger partial charge in [0.2, 0.25) is 0 Å². The topological polar surface area (TPSA) is 18.5 Å². The Morgan fingerprint density at radius 1 is 0.923 bits per heavy atom. The lowest BCUT2D eigenvalue weighted by atomic mass is 9.76. The molecule has 2 nitrogen and oxygen atoms in total. The van der Waals surface area contributed by atoms with Crippen LogP contribution in [0.15, 0.2) is 96.1 Å². The highest BCUT2D eigenvalue weighted by atomic mass is 16.5. The maximum Gasteiger partial charge on any atom is 0.126 e. The van der Waals surface area contributed by atoms with Crippen LogP contribution in [0.25, 0.3) is 29.4 Å². The van der Waals surface area contributed by atoms with E-state index in [0.717, 1.165) is 18.6 Å². The number of rotatable bonds is 3. The second-order valence-electron chi connectivity index (χ2n) is 10.9. The fourth-order valence-electron chi connectivity index (χ4n) is 6.16. The molecule has 4 aliphatic rings. The predicted molar refractivity (Wildman–Crippen MR) is 164 cm³/mol. The minimum Gasteiger partial charge on any atom is -0.489 e. The molecule has 3 aromatic rings. The number of hydrogen-bond acceptors (Lipinski definition) is 2. The fraction of sp³-hybridized carbons (Fsp3) is 0.243. The van der Waals surface area contributed by atoms with E-state index in [4.69, 9.17) is 9.47 Å². The van der Waals surface area contributed by atoms with Gasteiger partial charge in [0, 0.05) is 18.6 Å². The lowest BCUT2D eigenvalue weighted by Gasteiger charge is -2.29. The first-order valence-electron chi connectivity index (χ1n) is 14.0. The molecule has 2 heteroatoms. The summed E-state index contributed by atoms with van der Waals surface area (Å²) in [7, 11) is 1.82. The van der Waals surface area contributed by atoms with Crippen LogP contribution in [0, 0.1) is 5.92 Å². The van der Waals surface area contributed by atoms with E-state index in [-0.39, 0.29) is 0 Å². The summed E-state index contributed by atoms with van der Waals surface area (Å²) in [6.07, 6.45) is 15.8. The second kappa shape index (κ2) is 11.1. The molecule has 0 spiro atoms. The van der Waals surface area contributed by atoms with Crippen LogP contribution in [0.4, 0.5) is 0 Å². The minimum absolute atomic E-state index is 0.468. The first-order chi connectivity index (χ1) is 19.1. The highest BCUT2D eigenvalue weighted by molar-refractivity contribution is 5.85. The minimum atomic E-state index is 0.468. The first-order valence-corrected chi connectivity index (χ1v) is 14.0. The average molecular weight is 513 g/mol. The third kappa shape index (κ3) is 5.10. The Hall–Kier alpha value is -3.88. The molecule has 39 heavy (non-hydrogen) atoms. The maximum absolute atomic E-state index is 5.66. The zero-order valence-electron chi connectivity index (χ0n) is 23.1. The second-order valence-corrected chi connectivity index (χ2v) is 10.9. The van der Waals surface area contributed by atoms with Gasteiger partial charge in [0.1, 0.15) is 12.4 Å². The van der Waals surface area contributed by atoms with Crippen molar-refractivity contribution in [1.29, 1.82) is 0 Å². The smallest absolute Gasteiger partial charge is 0.126 e. The summed E-state index contributed by atoms with van der Waals surface area (Å²) in [6, 6.07) is 23.5. The molecule has 0 radical (unpaired) electrons. The van der Waals surface area contributed by atoms with Crippen molar-refractivity contribution in [2.75, 3.05) is 20.3 Å². The average Bonchev–Trinajstić information content (AvgIpc) is 2.98. The molecule has 0 aromatic heterocycles. The van der Waals surface area contributed by atoms with Crippen molar-refractivity contribution in [2.45, 2.75) is 32.6 Å². The van der Waals surface area contributed by atoms with Crippen molar-refractivity contribution in [3.8, 4) is 5.75 Å². The SMILES string of the molecule is C1=Cc2ccccc2OC1.COCC1=c2c(ccc3c2=CC(C)C(C)=C3)C2=C(C1)CC(c1ccccc1)C=C2. The number of fused-ring (bicyclic) bond motifs is 5. The molecule has 2 atom stereocenters. The molecule has 0 saturated carbocycles. The van der Waals surface area contributed by atoms with Gasteiger partial charge in [-0.1, -0.05) is 109 Å². The third-order valence-electron chi connectivity index (χ3n) is 8.31. The van der Waals surface area contributed by atoms with E-state index in [0.29, 0.717) is 25.0 Å². The van der Waals surface area contributed by atoms with E-state index < -0.39 is 0 Å². The lowest BCUT2D eigenvalue weighted by Crippen LogP contribution is -2.38. The Morgan fingerprint density at radius 2 is 1.74 bits per heavy atom. The zero-order valence-corrected chi connectivity index (χ0v) is 23.1. The Kier molecular flexibility index (Phi) is 7.22. The van der Waals surface area contributed by atoms with Crippen LogP contribution in [0.5, 0.6) is 5.75 Å². The third-order valence-corrected chi connectivity index (χ3v) is 8.31. The quantitative estimate of drug-likeness (QED) is 0.366. The number of benzene rings is 3. The summed E-state index contributed by atoms with van der Waals surface area (Å²) < 4.78 is 11.0. The van der Waals surface area contributed by atoms with Gasteiger partial charge in [-0.3, -0.25) is 0 Å². The summed E-state index contributed by atoms with van der Waals surface area (Å²) in [5, 5.41) is 2.82. The normalized spacial score (nSPS) is 20.3. The molecule has 196 valence electrons. The molecule has 0 saturated heterocycles. The highest BCUT2D eigenvalue weighted by Gasteiger charge is 2.25. The molecule has 1 aliphatic heterocycles. The van der Waals surface area contributed by atoms with Crippen molar-refractivity contribution in [1.82, 2.24) is 0 Å². The standard InChI is InChI=1S/C28H28O.C9H8O/c1-18-13-22-10-12-26-25-11-9-21(20-7-5-4-6-8-20)15-23(25)16-24(17-29-3)28(26)27(22)14-19(18)2;1-2-6-9-8(4-1)5-3-7-10-9/h4-14,19,21H,15-17H2,1-3H3;1-6H,7H2. The van der Waals surface area contributed by atoms with Crippen LogP contribution < -0.4 is 15.2 Å². The van der Waals surface area contributed by atoms with Gasteiger partial charge in [-0.05, 0) is 76.1 Å². The molecule has 0 fully saturated rings. The maximum atomic E-state index is 5.66. The molecular formula is C37H36O2. The van der Waals surface area contributed by atoms with Crippen molar-refractivity contribution >= 4 is 29.4 Å². The first kappa shape index (κ1) is 25.4. The summed E-state index contributed by atoms with van der Waals surface area (Å²) >= 11 is 0. The Bertz CT molecular complexity index is 1630. The number of ether oxygens (including phenoxy) is 2. The summed E-state index contributed by atoms with van der Waals surface area (Å²) in [6.45, 7) is 5.93. The van der Waals surface area contributed by atoms with Crippen LogP contribution in [0.3, 0.4) is 0 Å². The van der Waals surface area contributed by atoms with Crippen LogP contribution in [0.1, 0.15) is 54.9 Å². The van der Waals surface area contributed by atoms with E-state index in [1.165, 1.54) is 49.4 Å². The van der Waals surface area contributed by atoms with E-state index >= 15 is 0 Å². The summed E-state index contributed by atoms with van der Waals surface area (Å²) in [4.78, 5) is 0. The monoisotopic (exact) mass is 512 g/mol. The molecule has 0 N–H and O–H groups in total. The van der Waals surface area contributed by atoms with Crippen LogP contribution >= 0.6 is 0 Å². The van der Waals surface area contributed by atoms with Crippen molar-refractivity contribution in [2.24, 2.45) is 5.92 Å². The van der Waals surface area contributed by atoms with Crippen molar-refractivity contribution in [3.63, 3.8) is 0 Å². The van der Waals surface area contributed by atoms with Gasteiger partial charge in [0.05, 0.1) is 6.61 Å². The number of hydrogen-bond donors (Lipinski definition) is 0. The van der Waals surface area contributed by atoms with Crippen LogP contribution in [-0.4, -0.2) is 20.3 Å². The van der Waals surface area contributed by atoms with E-state index in [1.807, 2.05) is 37.5 Å². The number of allylic oxidation sites excluding steroid dienone is 5. The van der Waals surface area contributed by atoms with Gasteiger partial charge in [-0.2, -0.15) is 0 Å². The van der Waals surface area contributed by atoms with E-state index in [1.54, 1.807) is 5.57 Å². The van der Waals surface area contributed by atoms with Gasteiger partial charge in [-0.25, -0.2) is 0 Å². The van der Waals surface area contributed by atoms with Gasteiger partial charge in [-0.15, -0.1) is 0 Å². The molecular weight excluding hydrogens is 476 g/mol. The molecule has 3 aromatic carbocycles. The molecule has 0 amide bonds. The Morgan fingerprint density at radius 3 is 2.56 bits per heavy atom. The largest absolute Gasteiger partial charge is 0.489 e. The van der Waals surface area contributed by atoms with Crippen molar-refractivity contribution in [3.05, 3.63) is 129 Å².